The molecule has 1 aromatic heterocycles. The Hall–Kier alpha value is -2.31. The van der Waals surface area contributed by atoms with Crippen molar-refractivity contribution < 1.29 is 14.3 Å². The minimum Gasteiger partial charge on any atom is -0.493 e. The second-order valence-electron chi connectivity index (χ2n) is 5.61. The molecule has 0 aliphatic rings. The number of hydrogen-bond donors (Lipinski definition) is 0. The first kappa shape index (κ1) is 18.5. The maximum absolute atomic E-state index is 12.6. The predicted molar refractivity (Wildman–Crippen MR) is 105 cm³/mol. The lowest BCUT2D eigenvalue weighted by Gasteiger charge is -2.08. The van der Waals surface area contributed by atoms with Crippen molar-refractivity contribution in [3.05, 3.63) is 51.8 Å². The lowest BCUT2D eigenvalue weighted by molar-refractivity contribution is 0.0998. The summed E-state index contributed by atoms with van der Waals surface area (Å²) in [6.07, 6.45) is 0.910. The summed E-state index contributed by atoms with van der Waals surface area (Å²) in [6.45, 7) is 2.82. The fraction of sp³-hybridized carbons (Fsp3) is 0.263. The Balaban J connectivity index is 2.20. The van der Waals surface area contributed by atoms with E-state index in [9.17, 15) is 4.79 Å². The van der Waals surface area contributed by atoms with E-state index >= 15 is 0 Å². The Morgan fingerprint density at radius 3 is 2.54 bits per heavy atom. The summed E-state index contributed by atoms with van der Waals surface area (Å²) in [5, 5.41) is 0.396. The molecule has 0 radical (unpaired) electrons. The number of carbonyl (C=O) groups is 1. The van der Waals surface area contributed by atoms with Crippen molar-refractivity contribution in [2.45, 2.75) is 19.9 Å². The van der Waals surface area contributed by atoms with Gasteiger partial charge in [0.15, 0.2) is 16.3 Å². The Morgan fingerprint density at radius 1 is 1.19 bits per heavy atom. The number of carbonyl (C=O) groups excluding carboxylic acids is 1. The molecule has 26 heavy (non-hydrogen) atoms. The first-order valence-electron chi connectivity index (χ1n) is 8.18. The zero-order valence-corrected chi connectivity index (χ0v) is 16.4. The fourth-order valence-electron chi connectivity index (χ4n) is 2.70. The molecule has 5 nitrogen and oxygen atoms in total. The first-order valence-corrected chi connectivity index (χ1v) is 9.37. The molecule has 0 aliphatic carbocycles. The van der Waals surface area contributed by atoms with Crippen LogP contribution < -0.4 is 14.3 Å². The molecule has 3 aromatic rings. The number of aryl methyl sites for hydroxylation is 1. The highest BCUT2D eigenvalue weighted by molar-refractivity contribution is 7.16. The van der Waals surface area contributed by atoms with Gasteiger partial charge in [-0.1, -0.05) is 42.0 Å². The van der Waals surface area contributed by atoms with Gasteiger partial charge in [0.25, 0.3) is 5.91 Å². The molecular weight excluding hydrogens is 372 g/mol. The Bertz CT molecular complexity index is 1020. The van der Waals surface area contributed by atoms with Crippen LogP contribution in [-0.2, 0) is 6.54 Å². The quantitative estimate of drug-likeness (QED) is 0.643. The number of fused-ring (bicyclic) bond motifs is 1. The number of halogens is 1. The smallest absolute Gasteiger partial charge is 0.281 e. The molecule has 7 heteroatoms. The van der Waals surface area contributed by atoms with Gasteiger partial charge in [-0.25, -0.2) is 0 Å². The molecule has 1 heterocycles. The van der Waals surface area contributed by atoms with E-state index in [-0.39, 0.29) is 5.91 Å². The normalized spacial score (nSPS) is 11.8. The lowest BCUT2D eigenvalue weighted by atomic mass is 10.2. The average molecular weight is 391 g/mol. The van der Waals surface area contributed by atoms with Gasteiger partial charge in [0.2, 0.25) is 0 Å². The van der Waals surface area contributed by atoms with Crippen molar-refractivity contribution in [1.29, 1.82) is 0 Å². The van der Waals surface area contributed by atoms with Gasteiger partial charge in [-0.2, -0.15) is 4.99 Å². The molecule has 0 atom stereocenters. The molecule has 3 rings (SSSR count). The highest BCUT2D eigenvalue weighted by Crippen LogP contribution is 2.33. The van der Waals surface area contributed by atoms with Crippen LogP contribution in [0.4, 0.5) is 0 Å². The van der Waals surface area contributed by atoms with E-state index in [1.807, 2.05) is 16.7 Å². The topological polar surface area (TPSA) is 52.8 Å². The van der Waals surface area contributed by atoms with Crippen LogP contribution in [0, 0.1) is 0 Å². The molecule has 0 aliphatic heterocycles. The number of nitrogens with zero attached hydrogens (tertiary/aromatic N) is 2. The van der Waals surface area contributed by atoms with Gasteiger partial charge in [0.05, 0.1) is 35.0 Å². The van der Waals surface area contributed by atoms with Crippen LogP contribution in [0.15, 0.2) is 41.4 Å². The summed E-state index contributed by atoms with van der Waals surface area (Å²) < 4.78 is 13.8. The third-order valence-electron chi connectivity index (χ3n) is 3.94. The van der Waals surface area contributed by atoms with E-state index in [1.54, 1.807) is 38.5 Å². The van der Waals surface area contributed by atoms with Crippen molar-refractivity contribution in [2.75, 3.05) is 14.2 Å². The minimum absolute atomic E-state index is 0.356. The predicted octanol–water partition coefficient (Wildman–Crippen LogP) is 4.52. The summed E-state index contributed by atoms with van der Waals surface area (Å²) in [4.78, 5) is 17.6. The SMILES string of the molecule is CCCn1c(=NC(=O)c2ccccc2Cl)sc2cc(OC)c(OC)cc21. The van der Waals surface area contributed by atoms with Crippen LogP contribution in [-0.4, -0.2) is 24.7 Å². The van der Waals surface area contributed by atoms with E-state index < -0.39 is 0 Å². The molecule has 0 saturated heterocycles. The number of hydrogen-bond acceptors (Lipinski definition) is 4. The van der Waals surface area contributed by atoms with E-state index in [1.165, 1.54) is 11.3 Å². The number of benzene rings is 2. The molecule has 0 spiro atoms. The van der Waals surface area contributed by atoms with Crippen LogP contribution in [0.5, 0.6) is 11.5 Å². The molecule has 2 aromatic carbocycles. The van der Waals surface area contributed by atoms with Gasteiger partial charge in [0.1, 0.15) is 0 Å². The first-order chi connectivity index (χ1) is 12.6. The standard InChI is InChI=1S/C19H19ClN2O3S/c1-4-9-22-14-10-15(24-2)16(25-3)11-17(14)26-19(22)21-18(23)12-7-5-6-8-13(12)20/h5-8,10-11H,4,9H2,1-3H3. The van der Waals surface area contributed by atoms with E-state index in [0.29, 0.717) is 26.9 Å². The number of methoxy groups -OCH3 is 2. The highest BCUT2D eigenvalue weighted by Gasteiger charge is 2.14. The molecule has 0 bridgehead atoms. The third kappa shape index (κ3) is 3.48. The van der Waals surface area contributed by atoms with Crippen molar-refractivity contribution in [3.63, 3.8) is 0 Å². The van der Waals surface area contributed by atoms with Gasteiger partial charge >= 0.3 is 0 Å². The second-order valence-corrected chi connectivity index (χ2v) is 7.02. The van der Waals surface area contributed by atoms with Crippen LogP contribution in [0.3, 0.4) is 0 Å². The highest BCUT2D eigenvalue weighted by atomic mass is 35.5. The second kappa shape index (κ2) is 7.93. The molecule has 1 amide bonds. The van der Waals surface area contributed by atoms with Gasteiger partial charge in [-0.3, -0.25) is 4.79 Å². The van der Waals surface area contributed by atoms with Crippen LogP contribution in [0.1, 0.15) is 23.7 Å². The molecule has 0 saturated carbocycles. The maximum Gasteiger partial charge on any atom is 0.281 e. The number of ether oxygens (including phenoxy) is 2. The summed E-state index contributed by atoms with van der Waals surface area (Å²) in [5.74, 6) is 0.937. The number of rotatable bonds is 5. The lowest BCUT2D eigenvalue weighted by Crippen LogP contribution is -2.17. The minimum atomic E-state index is -0.356. The van der Waals surface area contributed by atoms with E-state index in [0.717, 1.165) is 23.2 Å². The average Bonchev–Trinajstić information content (AvgIpc) is 2.97. The number of amides is 1. The largest absolute Gasteiger partial charge is 0.493 e. The Kier molecular flexibility index (Phi) is 5.64. The van der Waals surface area contributed by atoms with Crippen LogP contribution >= 0.6 is 22.9 Å². The molecule has 0 unspecified atom stereocenters. The molecule has 0 fully saturated rings. The van der Waals surface area contributed by atoms with Crippen molar-refractivity contribution >= 4 is 39.1 Å². The molecule has 136 valence electrons. The Labute approximate surface area is 160 Å². The zero-order chi connectivity index (χ0) is 18.7. The third-order valence-corrected chi connectivity index (χ3v) is 5.31. The fourth-order valence-corrected chi connectivity index (χ4v) is 3.98. The van der Waals surface area contributed by atoms with Gasteiger partial charge in [0, 0.05) is 18.7 Å². The van der Waals surface area contributed by atoms with E-state index in [2.05, 4.69) is 11.9 Å². The molecule has 0 N–H and O–H groups in total. The monoisotopic (exact) mass is 390 g/mol. The van der Waals surface area contributed by atoms with Crippen molar-refractivity contribution in [1.82, 2.24) is 4.57 Å². The number of aromatic nitrogens is 1. The van der Waals surface area contributed by atoms with Crippen LogP contribution in [0.2, 0.25) is 5.02 Å². The van der Waals surface area contributed by atoms with Gasteiger partial charge < -0.3 is 14.0 Å². The Morgan fingerprint density at radius 2 is 1.88 bits per heavy atom. The summed E-state index contributed by atoms with van der Waals surface area (Å²) in [6, 6.07) is 10.7. The molecular formula is C19H19ClN2O3S. The van der Waals surface area contributed by atoms with Crippen molar-refractivity contribution in [3.8, 4) is 11.5 Å². The van der Waals surface area contributed by atoms with Crippen LogP contribution in [0.25, 0.3) is 10.2 Å². The summed E-state index contributed by atoms with van der Waals surface area (Å²) in [5.41, 5.74) is 1.35. The summed E-state index contributed by atoms with van der Waals surface area (Å²) >= 11 is 7.57. The van der Waals surface area contributed by atoms with Gasteiger partial charge in [-0.05, 0) is 18.6 Å². The van der Waals surface area contributed by atoms with Gasteiger partial charge in [-0.15, -0.1) is 0 Å². The number of thiazole rings is 1. The zero-order valence-electron chi connectivity index (χ0n) is 14.8. The van der Waals surface area contributed by atoms with Crippen molar-refractivity contribution in [2.24, 2.45) is 4.99 Å². The summed E-state index contributed by atoms with van der Waals surface area (Å²) in [7, 11) is 3.20. The maximum atomic E-state index is 12.6. The van der Waals surface area contributed by atoms with E-state index in [4.69, 9.17) is 21.1 Å².